The maximum Gasteiger partial charge on any atom is 0.228 e. The summed E-state index contributed by atoms with van der Waals surface area (Å²) in [5, 5.41) is 2.78. The van der Waals surface area contributed by atoms with Crippen LogP contribution in [0.25, 0.3) is 0 Å². The molecular weight excluding hydrogens is 210 g/mol. The van der Waals surface area contributed by atoms with Gasteiger partial charge in [0.05, 0.1) is 10.6 Å². The van der Waals surface area contributed by atoms with Gasteiger partial charge in [-0.2, -0.15) is 0 Å². The number of guanidine groups is 1. The second kappa shape index (κ2) is 3.27. The lowest BCUT2D eigenvalue weighted by Crippen LogP contribution is -2.47. The molecule has 2 aliphatic rings. The summed E-state index contributed by atoms with van der Waals surface area (Å²) in [6.45, 7) is 0.726. The molecule has 0 aromatic heterocycles. The normalized spacial score (nSPS) is 18.8. The van der Waals surface area contributed by atoms with E-state index in [1.807, 2.05) is 28.6 Å². The molecule has 0 bridgehead atoms. The van der Waals surface area contributed by atoms with Crippen molar-refractivity contribution < 1.29 is 4.79 Å². The van der Waals surface area contributed by atoms with Gasteiger partial charge < -0.3 is 0 Å². The smallest absolute Gasteiger partial charge is 0.228 e. The number of nitrogens with one attached hydrogen (secondary N) is 1. The summed E-state index contributed by atoms with van der Waals surface area (Å²) in [5.41, 5.74) is 0.927. The van der Waals surface area contributed by atoms with Crippen molar-refractivity contribution in [3.05, 3.63) is 24.3 Å². The number of carbonyl (C=O) groups excluding carboxylic acids is 1. The van der Waals surface area contributed by atoms with E-state index in [1.54, 1.807) is 11.9 Å². The van der Waals surface area contributed by atoms with Crippen LogP contribution >= 0.6 is 11.9 Å². The molecule has 15 heavy (non-hydrogen) atoms. The maximum atomic E-state index is 11.2. The molecule has 0 saturated carbocycles. The summed E-state index contributed by atoms with van der Waals surface area (Å²) >= 11 is 1.63. The molecule has 5 heteroatoms. The Balaban J connectivity index is 2.02. The van der Waals surface area contributed by atoms with Gasteiger partial charge in [0.15, 0.2) is 0 Å². The first-order chi connectivity index (χ1) is 7.33. The molecule has 1 aromatic carbocycles. The van der Waals surface area contributed by atoms with E-state index in [0.29, 0.717) is 12.4 Å². The first-order valence-corrected chi connectivity index (χ1v) is 5.53. The molecule has 0 atom stereocenters. The number of carbonyl (C=O) groups is 1. The molecule has 3 rings (SSSR count). The number of nitrogens with zero attached hydrogens (tertiary/aromatic N) is 2. The van der Waals surface area contributed by atoms with Gasteiger partial charge in [-0.3, -0.25) is 14.4 Å². The number of benzene rings is 1. The standard InChI is InChI=1S/C10H9N3OS/c14-9-5-6-13-10(12-9)11-7-3-1-2-4-8(7)15-13/h1-4H,5-6H2,(H,11,12,14). The minimum absolute atomic E-state index is 0.0463. The Kier molecular flexibility index (Phi) is 1.92. The Morgan fingerprint density at radius 2 is 2.27 bits per heavy atom. The molecule has 0 spiro atoms. The van der Waals surface area contributed by atoms with Crippen LogP contribution in [-0.2, 0) is 4.79 Å². The molecule has 1 amide bonds. The summed E-state index contributed by atoms with van der Waals surface area (Å²) < 4.78 is 2.02. The molecule has 0 radical (unpaired) electrons. The summed E-state index contributed by atoms with van der Waals surface area (Å²) in [6, 6.07) is 7.93. The SMILES string of the molecule is O=C1CCN2Sc3ccccc3N=C2N1. The van der Waals surface area contributed by atoms with Crippen LogP contribution in [0.5, 0.6) is 0 Å². The highest BCUT2D eigenvalue weighted by molar-refractivity contribution is 7.97. The summed E-state index contributed by atoms with van der Waals surface area (Å²) in [6.07, 6.45) is 0.536. The highest BCUT2D eigenvalue weighted by Gasteiger charge is 2.26. The van der Waals surface area contributed by atoms with Gasteiger partial charge in [-0.05, 0) is 24.1 Å². The van der Waals surface area contributed by atoms with Crippen molar-refractivity contribution in [2.75, 3.05) is 6.54 Å². The van der Waals surface area contributed by atoms with Gasteiger partial charge >= 0.3 is 0 Å². The maximum absolute atomic E-state index is 11.2. The monoisotopic (exact) mass is 219 g/mol. The molecule has 1 saturated heterocycles. The van der Waals surface area contributed by atoms with Gasteiger partial charge in [-0.1, -0.05) is 12.1 Å². The average molecular weight is 219 g/mol. The van der Waals surface area contributed by atoms with Gasteiger partial charge in [-0.25, -0.2) is 4.99 Å². The van der Waals surface area contributed by atoms with Gasteiger partial charge in [0.25, 0.3) is 0 Å². The summed E-state index contributed by atoms with van der Waals surface area (Å²) in [7, 11) is 0. The molecular formula is C10H9N3OS. The van der Waals surface area contributed by atoms with Crippen LogP contribution in [0.1, 0.15) is 6.42 Å². The van der Waals surface area contributed by atoms with Crippen molar-refractivity contribution in [3.63, 3.8) is 0 Å². The number of fused-ring (bicyclic) bond motifs is 2. The molecule has 76 valence electrons. The largest absolute Gasteiger partial charge is 0.295 e. The number of aliphatic imine (C=N–C) groups is 1. The number of hydrogen-bond donors (Lipinski definition) is 1. The minimum atomic E-state index is 0.0463. The highest BCUT2D eigenvalue weighted by Crippen LogP contribution is 2.36. The Morgan fingerprint density at radius 1 is 1.40 bits per heavy atom. The molecule has 4 nitrogen and oxygen atoms in total. The van der Waals surface area contributed by atoms with E-state index in [-0.39, 0.29) is 5.91 Å². The zero-order valence-corrected chi connectivity index (χ0v) is 8.75. The van der Waals surface area contributed by atoms with Crippen LogP contribution in [0.15, 0.2) is 34.2 Å². The Labute approximate surface area is 91.5 Å². The average Bonchev–Trinajstić information content (AvgIpc) is 2.26. The van der Waals surface area contributed by atoms with Gasteiger partial charge in [0.1, 0.15) is 0 Å². The Hall–Kier alpha value is -1.49. The zero-order valence-electron chi connectivity index (χ0n) is 7.93. The number of amides is 1. The van der Waals surface area contributed by atoms with Crippen LogP contribution in [0, 0.1) is 0 Å². The molecule has 2 aliphatic heterocycles. The fraction of sp³-hybridized carbons (Fsp3) is 0.200. The third-order valence-electron chi connectivity index (χ3n) is 2.33. The fourth-order valence-corrected chi connectivity index (χ4v) is 2.53. The summed E-state index contributed by atoms with van der Waals surface area (Å²) in [5.74, 6) is 0.708. The zero-order chi connectivity index (χ0) is 10.3. The number of rotatable bonds is 0. The molecule has 2 heterocycles. The Bertz CT molecular complexity index is 458. The number of hydrogen-bond acceptors (Lipinski definition) is 4. The van der Waals surface area contributed by atoms with Gasteiger partial charge in [-0.15, -0.1) is 0 Å². The molecule has 0 aliphatic carbocycles. The van der Waals surface area contributed by atoms with Crippen molar-refractivity contribution in [2.24, 2.45) is 4.99 Å². The second-order valence-corrected chi connectivity index (χ2v) is 4.46. The molecule has 1 N–H and O–H groups in total. The number of para-hydroxylation sites is 1. The van der Waals surface area contributed by atoms with E-state index >= 15 is 0 Å². The van der Waals surface area contributed by atoms with Crippen molar-refractivity contribution in [1.82, 2.24) is 9.62 Å². The van der Waals surface area contributed by atoms with Gasteiger partial charge in [0, 0.05) is 13.0 Å². The van der Waals surface area contributed by atoms with Crippen LogP contribution in [0.4, 0.5) is 5.69 Å². The van der Waals surface area contributed by atoms with Crippen LogP contribution in [0.2, 0.25) is 0 Å². The Morgan fingerprint density at radius 3 is 3.20 bits per heavy atom. The van der Waals surface area contributed by atoms with Crippen molar-refractivity contribution >= 4 is 29.5 Å². The van der Waals surface area contributed by atoms with Crippen LogP contribution in [-0.4, -0.2) is 22.7 Å². The predicted octanol–water partition coefficient (Wildman–Crippen LogP) is 1.52. The van der Waals surface area contributed by atoms with E-state index in [2.05, 4.69) is 10.3 Å². The fourth-order valence-electron chi connectivity index (χ4n) is 1.59. The first kappa shape index (κ1) is 8.79. The topological polar surface area (TPSA) is 44.7 Å². The van der Waals surface area contributed by atoms with E-state index in [9.17, 15) is 4.79 Å². The third-order valence-corrected chi connectivity index (χ3v) is 3.45. The quantitative estimate of drug-likeness (QED) is 0.673. The minimum Gasteiger partial charge on any atom is -0.295 e. The van der Waals surface area contributed by atoms with Crippen LogP contribution < -0.4 is 5.32 Å². The summed E-state index contributed by atoms with van der Waals surface area (Å²) in [4.78, 5) is 16.7. The van der Waals surface area contributed by atoms with E-state index in [1.165, 1.54) is 0 Å². The second-order valence-electron chi connectivity index (χ2n) is 3.39. The van der Waals surface area contributed by atoms with Crippen molar-refractivity contribution in [3.8, 4) is 0 Å². The molecule has 0 unspecified atom stereocenters. The predicted molar refractivity (Wildman–Crippen MR) is 58.9 cm³/mol. The lowest BCUT2D eigenvalue weighted by atomic mass is 10.3. The van der Waals surface area contributed by atoms with Crippen LogP contribution in [0.3, 0.4) is 0 Å². The molecule has 1 aromatic rings. The molecule has 1 fully saturated rings. The third kappa shape index (κ3) is 1.48. The lowest BCUT2D eigenvalue weighted by Gasteiger charge is -2.31. The lowest BCUT2D eigenvalue weighted by molar-refractivity contribution is -0.120. The van der Waals surface area contributed by atoms with Crippen molar-refractivity contribution in [2.45, 2.75) is 11.3 Å². The highest BCUT2D eigenvalue weighted by atomic mass is 32.2. The van der Waals surface area contributed by atoms with E-state index in [0.717, 1.165) is 17.1 Å². The first-order valence-electron chi connectivity index (χ1n) is 4.76. The van der Waals surface area contributed by atoms with Crippen molar-refractivity contribution in [1.29, 1.82) is 0 Å². The van der Waals surface area contributed by atoms with E-state index in [4.69, 9.17) is 0 Å². The van der Waals surface area contributed by atoms with E-state index < -0.39 is 0 Å². The van der Waals surface area contributed by atoms with Gasteiger partial charge in [0.2, 0.25) is 11.9 Å².